The molecule has 13 nitrogen and oxygen atoms in total. The normalized spacial score (nSPS) is 20.2. The number of carbonyl (C=O) groups excluding carboxylic acids is 2. The predicted octanol–water partition coefficient (Wildman–Crippen LogP) is -1.37. The highest BCUT2D eigenvalue weighted by molar-refractivity contribution is 8.00. The quantitative estimate of drug-likeness (QED) is 0.198. The average Bonchev–Trinajstić information content (AvgIpc) is 3.13. The van der Waals surface area contributed by atoms with Crippen molar-refractivity contribution >= 4 is 57.7 Å². The van der Waals surface area contributed by atoms with Gasteiger partial charge in [-0.25, -0.2) is 14.6 Å². The third kappa shape index (κ3) is 4.68. The van der Waals surface area contributed by atoms with Crippen molar-refractivity contribution in [1.29, 1.82) is 0 Å². The van der Waals surface area contributed by atoms with Gasteiger partial charge in [0.15, 0.2) is 10.8 Å². The highest BCUT2D eigenvalue weighted by atomic mass is 32.2. The molecule has 1 fully saturated rings. The molecule has 0 saturated carbocycles. The molecule has 2 aliphatic heterocycles. The van der Waals surface area contributed by atoms with Crippen LogP contribution in [0.1, 0.15) is 5.69 Å². The number of nitrogens with one attached hydrogen (secondary N) is 1. The Kier molecular flexibility index (Phi) is 7.37. The van der Waals surface area contributed by atoms with Crippen LogP contribution in [0.15, 0.2) is 34.5 Å². The Balaban J connectivity index is 0.00000341. The average molecular weight is 471 g/mol. The molecule has 2 atom stereocenters. The van der Waals surface area contributed by atoms with Crippen LogP contribution < -0.4 is 11.1 Å². The highest BCUT2D eigenvalue weighted by Gasteiger charge is 2.54. The number of nitrogen functional groups attached to an aromatic ring is 1. The first-order valence-electron chi connectivity index (χ1n) is 8.22. The molecule has 31 heavy (non-hydrogen) atoms. The van der Waals surface area contributed by atoms with Crippen molar-refractivity contribution in [3.8, 4) is 0 Å². The van der Waals surface area contributed by atoms with E-state index in [4.69, 9.17) is 10.8 Å². The Morgan fingerprint density at radius 3 is 2.71 bits per heavy atom. The maximum atomic E-state index is 12.7. The van der Waals surface area contributed by atoms with E-state index in [1.807, 2.05) is 0 Å². The van der Waals surface area contributed by atoms with Crippen molar-refractivity contribution in [2.75, 3.05) is 18.1 Å². The summed E-state index contributed by atoms with van der Waals surface area (Å²) in [7, 11) is 0. The first-order chi connectivity index (χ1) is 14.2. The number of oxime groups is 1. The largest absolute Gasteiger partial charge is 0.479 e. The van der Waals surface area contributed by atoms with Gasteiger partial charge in [0, 0.05) is 11.1 Å². The standard InChI is InChI=1S/C16H15N5O7S2.H2O/c1-2-6-4-29-14-10(13(25)21(14)11(6)15(26)27)19-12(24)9(20-28-3-8(22)23)7-5-30-16(17)18-7;/h2,5,10,14H,1,3-4H2,(H2,17,18)(H,19,24)(H,22,23)(H,26,27);1H2/b20-9+;/t10-,14-;/m1./s1. The van der Waals surface area contributed by atoms with E-state index in [1.165, 1.54) is 23.2 Å². The predicted molar refractivity (Wildman–Crippen MR) is 110 cm³/mol. The minimum Gasteiger partial charge on any atom is -0.479 e. The number of hydrogen-bond donors (Lipinski definition) is 4. The van der Waals surface area contributed by atoms with Crippen LogP contribution in [0.25, 0.3) is 0 Å². The van der Waals surface area contributed by atoms with Crippen molar-refractivity contribution in [3.05, 3.63) is 35.0 Å². The minimum atomic E-state index is -1.30. The number of carboxylic acid groups (broad SMARTS) is 2. The van der Waals surface area contributed by atoms with Gasteiger partial charge in [-0.3, -0.25) is 14.5 Å². The zero-order valence-corrected chi connectivity index (χ0v) is 17.2. The molecule has 0 bridgehead atoms. The molecule has 3 heterocycles. The number of amides is 2. The summed E-state index contributed by atoms with van der Waals surface area (Å²) in [6.45, 7) is 2.77. The number of thioether (sulfide) groups is 1. The van der Waals surface area contributed by atoms with Gasteiger partial charge < -0.3 is 31.6 Å². The molecule has 0 spiro atoms. The Labute approximate surface area is 182 Å². The van der Waals surface area contributed by atoms with E-state index in [1.54, 1.807) is 0 Å². The van der Waals surface area contributed by atoms with Crippen LogP contribution in [-0.4, -0.2) is 78.8 Å². The molecule has 1 saturated heterocycles. The zero-order valence-electron chi connectivity index (χ0n) is 15.6. The van der Waals surface area contributed by atoms with Gasteiger partial charge in [0.25, 0.3) is 11.8 Å². The molecular formula is C16H17N5O8S2. The fraction of sp³-hybridized carbons (Fsp3) is 0.250. The van der Waals surface area contributed by atoms with Crippen LogP contribution in [0.4, 0.5) is 5.13 Å². The summed E-state index contributed by atoms with van der Waals surface area (Å²) in [6.07, 6.45) is 1.38. The summed E-state index contributed by atoms with van der Waals surface area (Å²) in [5.74, 6) is -3.72. The fourth-order valence-corrected chi connectivity index (χ4v) is 4.65. The molecule has 0 radical (unpaired) electrons. The number of rotatable bonds is 8. The van der Waals surface area contributed by atoms with Gasteiger partial charge in [0.05, 0.1) is 0 Å². The Hall–Kier alpha value is -3.43. The van der Waals surface area contributed by atoms with E-state index >= 15 is 0 Å². The smallest absolute Gasteiger partial charge is 0.352 e. The van der Waals surface area contributed by atoms with Gasteiger partial charge in [0.2, 0.25) is 6.61 Å². The van der Waals surface area contributed by atoms with E-state index < -0.39 is 41.8 Å². The number of thiazole rings is 1. The number of anilines is 1. The number of carboxylic acids is 2. The molecule has 15 heteroatoms. The summed E-state index contributed by atoms with van der Waals surface area (Å²) in [6, 6.07) is -1.01. The van der Waals surface area contributed by atoms with Crippen LogP contribution in [0.5, 0.6) is 0 Å². The molecule has 3 rings (SSSR count). The lowest BCUT2D eigenvalue weighted by Crippen LogP contribution is -2.71. The fourth-order valence-electron chi connectivity index (χ4n) is 2.76. The first kappa shape index (κ1) is 23.8. The second-order valence-corrected chi connectivity index (χ2v) is 7.92. The van der Waals surface area contributed by atoms with E-state index in [0.29, 0.717) is 11.3 Å². The van der Waals surface area contributed by atoms with Crippen LogP contribution >= 0.6 is 23.1 Å². The number of nitrogens with zero attached hydrogens (tertiary/aromatic N) is 3. The highest BCUT2D eigenvalue weighted by Crippen LogP contribution is 2.40. The van der Waals surface area contributed by atoms with Gasteiger partial charge in [-0.05, 0) is 5.57 Å². The summed E-state index contributed by atoms with van der Waals surface area (Å²) < 4.78 is 0. The number of aliphatic carboxylic acids is 2. The van der Waals surface area contributed by atoms with Crippen LogP contribution in [0.3, 0.4) is 0 Å². The first-order valence-corrected chi connectivity index (χ1v) is 10.1. The lowest BCUT2D eigenvalue weighted by molar-refractivity contribution is -0.150. The molecule has 2 amide bonds. The SMILES string of the molecule is C=CC1=C(C(=O)O)N2C(=O)[C@@H](NC(=O)/C(=N/OCC(=O)O)c3csc(N)n3)[C@H]2SC1.O. The molecule has 0 aliphatic carbocycles. The number of nitrogens with two attached hydrogens (primary N) is 1. The van der Waals surface area contributed by atoms with E-state index in [2.05, 4.69) is 26.9 Å². The maximum absolute atomic E-state index is 12.7. The van der Waals surface area contributed by atoms with E-state index in [-0.39, 0.29) is 27.7 Å². The van der Waals surface area contributed by atoms with Gasteiger partial charge in [-0.2, -0.15) is 0 Å². The molecule has 2 aliphatic rings. The van der Waals surface area contributed by atoms with Crippen molar-refractivity contribution in [2.45, 2.75) is 11.4 Å². The topological polar surface area (TPSA) is 216 Å². The molecular weight excluding hydrogens is 454 g/mol. The van der Waals surface area contributed by atoms with Crippen molar-refractivity contribution < 1.29 is 39.7 Å². The zero-order chi connectivity index (χ0) is 22.0. The van der Waals surface area contributed by atoms with E-state index in [9.17, 15) is 24.3 Å². The Bertz CT molecular complexity index is 1000. The molecule has 0 unspecified atom stereocenters. The monoisotopic (exact) mass is 471 g/mol. The third-order valence-electron chi connectivity index (χ3n) is 4.06. The number of aromatic nitrogens is 1. The summed E-state index contributed by atoms with van der Waals surface area (Å²) in [5.41, 5.74) is 5.48. The molecule has 7 N–H and O–H groups in total. The van der Waals surface area contributed by atoms with Crippen LogP contribution in [0.2, 0.25) is 0 Å². The Morgan fingerprint density at radius 2 is 2.16 bits per heavy atom. The second-order valence-electron chi connectivity index (χ2n) is 5.92. The van der Waals surface area contributed by atoms with Gasteiger partial charge in [0.1, 0.15) is 22.8 Å². The minimum absolute atomic E-state index is 0. The maximum Gasteiger partial charge on any atom is 0.352 e. The molecule has 0 aromatic carbocycles. The van der Waals surface area contributed by atoms with Crippen LogP contribution in [-0.2, 0) is 24.0 Å². The van der Waals surface area contributed by atoms with E-state index in [0.717, 1.165) is 16.2 Å². The third-order valence-corrected chi connectivity index (χ3v) is 6.03. The lowest BCUT2D eigenvalue weighted by Gasteiger charge is -2.49. The number of fused-ring (bicyclic) bond motifs is 1. The second kappa shape index (κ2) is 9.59. The number of hydrogen-bond acceptors (Lipinski definition) is 10. The Morgan fingerprint density at radius 1 is 1.45 bits per heavy atom. The van der Waals surface area contributed by atoms with Gasteiger partial charge in [-0.15, -0.1) is 23.1 Å². The summed E-state index contributed by atoms with van der Waals surface area (Å²) in [4.78, 5) is 57.1. The van der Waals surface area contributed by atoms with Crippen LogP contribution in [0, 0.1) is 0 Å². The number of β-lactam (4-membered cyclic amide) rings is 1. The van der Waals surface area contributed by atoms with Crippen molar-refractivity contribution in [2.24, 2.45) is 5.16 Å². The summed E-state index contributed by atoms with van der Waals surface area (Å²) >= 11 is 2.30. The summed E-state index contributed by atoms with van der Waals surface area (Å²) in [5, 5.41) is 25.0. The van der Waals surface area contributed by atoms with Crippen molar-refractivity contribution in [1.82, 2.24) is 15.2 Å². The van der Waals surface area contributed by atoms with Crippen molar-refractivity contribution in [3.63, 3.8) is 0 Å². The molecule has 1 aromatic rings. The number of carbonyl (C=O) groups is 4. The van der Waals surface area contributed by atoms with Gasteiger partial charge >= 0.3 is 11.9 Å². The molecule has 166 valence electrons. The van der Waals surface area contributed by atoms with Gasteiger partial charge in [-0.1, -0.05) is 17.8 Å². The molecule has 1 aromatic heterocycles. The number of allylic oxidation sites excluding steroid dienone is 1. The lowest BCUT2D eigenvalue weighted by atomic mass is 10.0.